The maximum atomic E-state index is 5.45. The molecule has 0 saturated carbocycles. The molecule has 0 unspecified atom stereocenters. The summed E-state index contributed by atoms with van der Waals surface area (Å²) in [4.78, 5) is 2.44. The van der Waals surface area contributed by atoms with Crippen molar-refractivity contribution in [3.8, 4) is 11.5 Å². The van der Waals surface area contributed by atoms with Crippen molar-refractivity contribution in [2.75, 3.05) is 33.9 Å². The Labute approximate surface area is 186 Å². The lowest BCUT2D eigenvalue weighted by molar-refractivity contribution is 0.338. The monoisotopic (exact) mass is 413 g/mol. The van der Waals surface area contributed by atoms with Gasteiger partial charge in [0.15, 0.2) is 11.5 Å². The molecule has 0 amide bonds. The van der Waals surface area contributed by atoms with Gasteiger partial charge in [-0.1, -0.05) is 91.0 Å². The van der Waals surface area contributed by atoms with Gasteiger partial charge < -0.3 is 9.47 Å². The Morgan fingerprint density at radius 2 is 1.23 bits per heavy atom. The molecule has 160 valence electrons. The Balaban J connectivity index is 1.64. The summed E-state index contributed by atoms with van der Waals surface area (Å²) in [6.07, 6.45) is 9.79. The SMILES string of the molecule is COc1ccc(CCN(C/C=C/c2ccccc2)C/C=C/c2ccccc2)cc1OC. The van der Waals surface area contributed by atoms with Crippen molar-refractivity contribution >= 4 is 12.2 Å². The molecule has 0 saturated heterocycles. The zero-order valence-electron chi connectivity index (χ0n) is 18.4. The lowest BCUT2D eigenvalue weighted by Crippen LogP contribution is -2.26. The zero-order chi connectivity index (χ0) is 21.7. The minimum Gasteiger partial charge on any atom is -0.493 e. The van der Waals surface area contributed by atoms with Gasteiger partial charge in [-0.3, -0.25) is 4.90 Å². The van der Waals surface area contributed by atoms with Crippen LogP contribution < -0.4 is 9.47 Å². The Morgan fingerprint density at radius 3 is 1.74 bits per heavy atom. The molecule has 31 heavy (non-hydrogen) atoms. The van der Waals surface area contributed by atoms with Gasteiger partial charge in [-0.15, -0.1) is 0 Å². The summed E-state index contributed by atoms with van der Waals surface area (Å²) in [6, 6.07) is 27.0. The standard InChI is InChI=1S/C28H31NO2/c1-30-27-18-17-26(23-28(27)31-2)19-22-29(20-9-15-24-11-5-3-6-12-24)21-10-16-25-13-7-4-8-14-25/h3-18,23H,19-22H2,1-2H3/b15-9+,16-10+. The van der Waals surface area contributed by atoms with Crippen LogP contribution in [0.25, 0.3) is 12.2 Å². The lowest BCUT2D eigenvalue weighted by atomic mass is 10.1. The maximum absolute atomic E-state index is 5.45. The normalized spacial score (nSPS) is 11.5. The summed E-state index contributed by atoms with van der Waals surface area (Å²) in [5.41, 5.74) is 3.69. The minimum absolute atomic E-state index is 0.764. The molecule has 3 aromatic carbocycles. The number of hydrogen-bond donors (Lipinski definition) is 0. The molecule has 0 atom stereocenters. The molecule has 0 aromatic heterocycles. The molecule has 3 heteroatoms. The van der Waals surface area contributed by atoms with E-state index in [9.17, 15) is 0 Å². The molecule has 0 fully saturated rings. The van der Waals surface area contributed by atoms with E-state index in [4.69, 9.17) is 9.47 Å². The summed E-state index contributed by atoms with van der Waals surface area (Å²) in [6.45, 7) is 2.73. The van der Waals surface area contributed by atoms with Crippen molar-refractivity contribution in [3.63, 3.8) is 0 Å². The molecular weight excluding hydrogens is 382 g/mol. The predicted molar refractivity (Wildman–Crippen MR) is 131 cm³/mol. The summed E-state index contributed by atoms with van der Waals surface area (Å²) in [7, 11) is 3.34. The van der Waals surface area contributed by atoms with Crippen molar-refractivity contribution in [2.45, 2.75) is 6.42 Å². The lowest BCUT2D eigenvalue weighted by Gasteiger charge is -2.19. The largest absolute Gasteiger partial charge is 0.493 e. The van der Waals surface area contributed by atoms with Gasteiger partial charge in [0.05, 0.1) is 14.2 Å². The minimum atomic E-state index is 0.764. The highest BCUT2D eigenvalue weighted by atomic mass is 16.5. The fourth-order valence-electron chi connectivity index (χ4n) is 3.38. The van der Waals surface area contributed by atoms with Crippen LogP contribution in [0.15, 0.2) is 91.0 Å². The molecule has 0 aliphatic rings. The van der Waals surface area contributed by atoms with Crippen LogP contribution in [0.1, 0.15) is 16.7 Å². The van der Waals surface area contributed by atoms with Gasteiger partial charge in [-0.2, -0.15) is 0 Å². The van der Waals surface area contributed by atoms with Crippen molar-refractivity contribution in [2.24, 2.45) is 0 Å². The number of benzene rings is 3. The second-order valence-corrected chi connectivity index (χ2v) is 7.33. The number of hydrogen-bond acceptors (Lipinski definition) is 3. The molecule has 0 heterocycles. The first kappa shape index (κ1) is 22.4. The quantitative estimate of drug-likeness (QED) is 0.386. The van der Waals surface area contributed by atoms with Gasteiger partial charge >= 0.3 is 0 Å². The van der Waals surface area contributed by atoms with Gasteiger partial charge in [0, 0.05) is 19.6 Å². The summed E-state index contributed by atoms with van der Waals surface area (Å²) in [5, 5.41) is 0. The van der Waals surface area contributed by atoms with E-state index in [2.05, 4.69) is 89.9 Å². The smallest absolute Gasteiger partial charge is 0.160 e. The fourth-order valence-corrected chi connectivity index (χ4v) is 3.38. The molecule has 0 aliphatic heterocycles. The summed E-state index contributed by atoms with van der Waals surface area (Å²) in [5.74, 6) is 1.54. The van der Waals surface area contributed by atoms with Crippen LogP contribution in [0.2, 0.25) is 0 Å². The van der Waals surface area contributed by atoms with Crippen LogP contribution in [-0.4, -0.2) is 38.8 Å². The Bertz CT molecular complexity index is 913. The number of rotatable bonds is 11. The van der Waals surface area contributed by atoms with Gasteiger partial charge in [0.2, 0.25) is 0 Å². The number of ether oxygens (including phenoxy) is 2. The molecular formula is C28H31NO2. The van der Waals surface area contributed by atoms with E-state index < -0.39 is 0 Å². The molecule has 3 nitrogen and oxygen atoms in total. The number of nitrogens with zero attached hydrogens (tertiary/aromatic N) is 1. The van der Waals surface area contributed by atoms with E-state index in [-0.39, 0.29) is 0 Å². The van der Waals surface area contributed by atoms with Crippen molar-refractivity contribution < 1.29 is 9.47 Å². The van der Waals surface area contributed by atoms with Crippen LogP contribution in [0.4, 0.5) is 0 Å². The molecule has 0 N–H and O–H groups in total. The second kappa shape index (κ2) is 12.4. The maximum Gasteiger partial charge on any atom is 0.160 e. The van der Waals surface area contributed by atoms with Crippen LogP contribution in [0.5, 0.6) is 11.5 Å². The molecule has 3 aromatic rings. The third-order valence-corrected chi connectivity index (χ3v) is 5.11. The van der Waals surface area contributed by atoms with E-state index in [1.165, 1.54) is 16.7 Å². The predicted octanol–water partition coefficient (Wildman–Crippen LogP) is 5.98. The van der Waals surface area contributed by atoms with Gasteiger partial charge in [0.1, 0.15) is 0 Å². The summed E-state index contributed by atoms with van der Waals surface area (Å²) >= 11 is 0. The molecule has 0 bridgehead atoms. The fraction of sp³-hybridized carbons (Fsp3) is 0.214. The Kier molecular flexibility index (Phi) is 8.96. The van der Waals surface area contributed by atoms with E-state index in [0.717, 1.165) is 37.6 Å². The molecule has 0 radical (unpaired) electrons. The van der Waals surface area contributed by atoms with Crippen LogP contribution >= 0.6 is 0 Å². The third-order valence-electron chi connectivity index (χ3n) is 5.11. The van der Waals surface area contributed by atoms with E-state index in [1.54, 1.807) is 14.2 Å². The highest BCUT2D eigenvalue weighted by molar-refractivity contribution is 5.50. The molecule has 0 spiro atoms. The van der Waals surface area contributed by atoms with E-state index in [0.29, 0.717) is 0 Å². The van der Waals surface area contributed by atoms with Crippen LogP contribution in [0, 0.1) is 0 Å². The summed E-state index contributed by atoms with van der Waals surface area (Å²) < 4.78 is 10.8. The second-order valence-electron chi connectivity index (χ2n) is 7.33. The molecule has 0 aliphatic carbocycles. The first-order valence-corrected chi connectivity index (χ1v) is 10.6. The van der Waals surface area contributed by atoms with Gasteiger partial charge in [-0.05, 0) is 35.2 Å². The van der Waals surface area contributed by atoms with Crippen molar-refractivity contribution in [3.05, 3.63) is 108 Å². The third kappa shape index (κ3) is 7.47. The zero-order valence-corrected chi connectivity index (χ0v) is 18.4. The highest BCUT2D eigenvalue weighted by Gasteiger charge is 2.07. The van der Waals surface area contributed by atoms with E-state index >= 15 is 0 Å². The van der Waals surface area contributed by atoms with Gasteiger partial charge in [0.25, 0.3) is 0 Å². The molecule has 3 rings (SSSR count). The Hall–Kier alpha value is -3.30. The Morgan fingerprint density at radius 1 is 0.677 bits per heavy atom. The highest BCUT2D eigenvalue weighted by Crippen LogP contribution is 2.27. The number of methoxy groups -OCH3 is 2. The average Bonchev–Trinajstić information content (AvgIpc) is 2.83. The topological polar surface area (TPSA) is 21.7 Å². The average molecular weight is 414 g/mol. The van der Waals surface area contributed by atoms with E-state index in [1.807, 2.05) is 18.2 Å². The van der Waals surface area contributed by atoms with Gasteiger partial charge in [-0.25, -0.2) is 0 Å². The first-order valence-electron chi connectivity index (χ1n) is 10.6. The first-order chi connectivity index (χ1) is 15.3. The van der Waals surface area contributed by atoms with Crippen molar-refractivity contribution in [1.82, 2.24) is 4.90 Å². The van der Waals surface area contributed by atoms with Crippen LogP contribution in [0.3, 0.4) is 0 Å². The van der Waals surface area contributed by atoms with Crippen molar-refractivity contribution in [1.29, 1.82) is 0 Å². The van der Waals surface area contributed by atoms with Crippen LogP contribution in [-0.2, 0) is 6.42 Å².